The topological polar surface area (TPSA) is 135 Å². The molecule has 0 unspecified atom stereocenters. The van der Waals surface area contributed by atoms with E-state index in [-0.39, 0.29) is 53.1 Å². The van der Waals surface area contributed by atoms with Gasteiger partial charge in [0.2, 0.25) is 5.91 Å². The Kier molecular flexibility index (Phi) is 9.73. The van der Waals surface area contributed by atoms with Gasteiger partial charge in [-0.15, -0.1) is 5.10 Å². The van der Waals surface area contributed by atoms with Gasteiger partial charge in [0.25, 0.3) is 5.91 Å². The largest absolute Gasteiger partial charge is 0.493 e. The molecule has 0 atom stereocenters. The fourth-order valence-corrected chi connectivity index (χ4v) is 6.55. The number of methoxy groups -OCH3 is 1. The third-order valence-electron chi connectivity index (χ3n) is 9.09. The van der Waals surface area contributed by atoms with E-state index in [0.29, 0.717) is 73.6 Å². The second-order valence-corrected chi connectivity index (χ2v) is 12.3. The van der Waals surface area contributed by atoms with Crippen LogP contribution in [-0.2, 0) is 11.3 Å². The maximum absolute atomic E-state index is 16.6. The molecule has 1 aromatic carbocycles. The summed E-state index contributed by atoms with van der Waals surface area (Å²) in [5.41, 5.74) is 1.67. The van der Waals surface area contributed by atoms with Crippen LogP contribution in [0.4, 0.5) is 23.4 Å². The summed E-state index contributed by atoms with van der Waals surface area (Å²) >= 11 is 0. The molecule has 1 fully saturated rings. The summed E-state index contributed by atoms with van der Waals surface area (Å²) in [5, 5.41) is 7.98. The van der Waals surface area contributed by atoms with Gasteiger partial charge in [-0.3, -0.25) is 19.3 Å². The lowest BCUT2D eigenvalue weighted by Gasteiger charge is -2.35. The van der Waals surface area contributed by atoms with Crippen LogP contribution in [0.15, 0.2) is 61.3 Å². The zero-order valence-electron chi connectivity index (χ0n) is 27.9. The van der Waals surface area contributed by atoms with Gasteiger partial charge in [0.1, 0.15) is 17.3 Å². The summed E-state index contributed by atoms with van der Waals surface area (Å²) in [6.45, 7) is -0.803. The highest BCUT2D eigenvalue weighted by molar-refractivity contribution is 6.04. The molecule has 0 aliphatic carbocycles. The number of carbonyl (C=O) groups excluding carboxylic acids is 2. The van der Waals surface area contributed by atoms with Crippen molar-refractivity contribution < 1.29 is 36.6 Å². The summed E-state index contributed by atoms with van der Waals surface area (Å²) in [6.07, 6.45) is 9.40. The van der Waals surface area contributed by atoms with Crippen LogP contribution in [0.3, 0.4) is 0 Å². The molecule has 5 aromatic rings. The van der Waals surface area contributed by atoms with E-state index in [1.54, 1.807) is 26.7 Å². The van der Waals surface area contributed by atoms with Crippen molar-refractivity contribution in [3.63, 3.8) is 0 Å². The van der Waals surface area contributed by atoms with Gasteiger partial charge < -0.3 is 29.2 Å². The van der Waals surface area contributed by atoms with Crippen LogP contribution in [0.25, 0.3) is 27.6 Å². The molecule has 52 heavy (non-hydrogen) atoms. The molecule has 13 nitrogen and oxygen atoms in total. The number of piperazine rings is 1. The van der Waals surface area contributed by atoms with E-state index in [9.17, 15) is 22.8 Å². The number of benzene rings is 1. The van der Waals surface area contributed by atoms with E-state index in [1.807, 2.05) is 11.0 Å². The maximum Gasteiger partial charge on any atom is 0.387 e. The summed E-state index contributed by atoms with van der Waals surface area (Å²) in [5.74, 6) is -1.13. The SMILES string of the molecule is COc1cc(F)cnc1N1CCN(C(=O)c2cc3c(-c4cncc(OC(F)F)c4)cc(C4=CCCN(C(=O)CCn5ccnn5)C4)c(F)c3[nH]2)CC1. The maximum atomic E-state index is 16.6. The van der Waals surface area contributed by atoms with Gasteiger partial charge in [-0.1, -0.05) is 11.3 Å². The van der Waals surface area contributed by atoms with Gasteiger partial charge in [0.05, 0.1) is 37.8 Å². The Hall–Kier alpha value is -6.00. The first-order valence-electron chi connectivity index (χ1n) is 16.5. The average molecular weight is 720 g/mol. The lowest BCUT2D eigenvalue weighted by Crippen LogP contribution is -2.49. The minimum Gasteiger partial charge on any atom is -0.493 e. The molecule has 0 radical (unpaired) electrons. The number of anilines is 1. The molecular formula is C35H33F4N9O4. The molecular weight excluding hydrogens is 686 g/mol. The van der Waals surface area contributed by atoms with Crippen LogP contribution in [0.1, 0.15) is 28.9 Å². The number of pyridine rings is 2. The Morgan fingerprint density at radius 1 is 0.981 bits per heavy atom. The highest BCUT2D eigenvalue weighted by Crippen LogP contribution is 2.38. The molecule has 2 aliphatic heterocycles. The molecule has 17 heteroatoms. The van der Waals surface area contributed by atoms with Crippen molar-refractivity contribution in [1.82, 2.24) is 39.7 Å². The number of aromatic nitrogens is 6. The highest BCUT2D eigenvalue weighted by Gasteiger charge is 2.29. The third-order valence-corrected chi connectivity index (χ3v) is 9.09. The van der Waals surface area contributed by atoms with Crippen LogP contribution < -0.4 is 14.4 Å². The van der Waals surface area contributed by atoms with Gasteiger partial charge >= 0.3 is 6.61 Å². The molecule has 2 amide bonds. The van der Waals surface area contributed by atoms with Gasteiger partial charge in [0, 0.05) is 80.7 Å². The molecule has 2 aliphatic rings. The number of hydrogen-bond acceptors (Lipinski definition) is 9. The van der Waals surface area contributed by atoms with Crippen molar-refractivity contribution in [1.29, 1.82) is 0 Å². The average Bonchev–Trinajstić information content (AvgIpc) is 3.85. The lowest BCUT2D eigenvalue weighted by atomic mass is 9.93. The molecule has 6 heterocycles. The Morgan fingerprint density at radius 3 is 2.56 bits per heavy atom. The van der Waals surface area contributed by atoms with Gasteiger partial charge in [0.15, 0.2) is 17.4 Å². The number of H-pyrrole nitrogens is 1. The monoisotopic (exact) mass is 719 g/mol. The number of nitrogens with one attached hydrogen (secondary N) is 1. The highest BCUT2D eigenvalue weighted by atomic mass is 19.3. The van der Waals surface area contributed by atoms with Gasteiger partial charge in [-0.2, -0.15) is 8.78 Å². The number of ether oxygens (including phenoxy) is 2. The number of carbonyl (C=O) groups is 2. The van der Waals surface area contributed by atoms with Crippen molar-refractivity contribution >= 4 is 34.1 Å². The smallest absolute Gasteiger partial charge is 0.387 e. The van der Waals surface area contributed by atoms with E-state index in [0.717, 1.165) is 12.4 Å². The fourth-order valence-electron chi connectivity index (χ4n) is 6.55. The first-order chi connectivity index (χ1) is 25.2. The van der Waals surface area contributed by atoms with Crippen molar-refractivity contribution in [3.8, 4) is 22.6 Å². The number of amides is 2. The predicted molar refractivity (Wildman–Crippen MR) is 181 cm³/mol. The molecule has 4 aromatic heterocycles. The van der Waals surface area contributed by atoms with Crippen molar-refractivity contribution in [3.05, 3.63) is 84.2 Å². The van der Waals surface area contributed by atoms with Gasteiger partial charge in [-0.25, -0.2) is 13.8 Å². The Balaban J connectivity index is 1.19. The number of nitrogens with zero attached hydrogens (tertiary/aromatic N) is 8. The molecule has 0 saturated carbocycles. The van der Waals surface area contributed by atoms with Crippen molar-refractivity contribution in [2.75, 3.05) is 51.3 Å². The zero-order valence-corrected chi connectivity index (χ0v) is 27.9. The molecule has 0 spiro atoms. The summed E-state index contributed by atoms with van der Waals surface area (Å²) < 4.78 is 68.0. The number of fused-ring (bicyclic) bond motifs is 1. The standard InChI is InChI=1S/C35H33F4N9O4/c1-51-29-14-23(36)18-41-33(29)45-9-11-46(12-10-45)34(50)28-16-27-25(22-13-24(19-40-17-22)52-35(38)39)15-26(31(37)32(27)43-28)21-3-2-6-47(20-21)30(49)4-7-48-8-5-42-44-48/h3,5,8,13-19,35,43H,2,4,6-7,9-12,20H2,1H3. The van der Waals surface area contributed by atoms with Gasteiger partial charge in [-0.05, 0) is 35.8 Å². The summed E-state index contributed by atoms with van der Waals surface area (Å²) in [4.78, 5) is 43.4. The van der Waals surface area contributed by atoms with E-state index < -0.39 is 18.2 Å². The molecule has 270 valence electrons. The summed E-state index contributed by atoms with van der Waals surface area (Å²) in [6, 6.07) is 5.73. The summed E-state index contributed by atoms with van der Waals surface area (Å²) in [7, 11) is 1.43. The Bertz CT molecular complexity index is 2130. The Morgan fingerprint density at radius 2 is 1.81 bits per heavy atom. The normalized spacial score (nSPS) is 15.0. The fraction of sp³-hybridized carbons (Fsp3) is 0.314. The second-order valence-electron chi connectivity index (χ2n) is 12.3. The van der Waals surface area contributed by atoms with Crippen LogP contribution in [0.2, 0.25) is 0 Å². The van der Waals surface area contributed by atoms with Crippen LogP contribution >= 0.6 is 0 Å². The Labute approximate surface area is 294 Å². The molecule has 1 N–H and O–H groups in total. The van der Waals surface area contributed by atoms with Crippen LogP contribution in [0, 0.1) is 11.6 Å². The minimum atomic E-state index is -3.09. The zero-order chi connectivity index (χ0) is 36.4. The quantitative estimate of drug-likeness (QED) is 0.203. The molecule has 0 bridgehead atoms. The number of rotatable bonds is 10. The lowest BCUT2D eigenvalue weighted by molar-refractivity contribution is -0.131. The number of halogens is 4. The van der Waals surface area contributed by atoms with Crippen LogP contribution in [0.5, 0.6) is 11.5 Å². The van der Waals surface area contributed by atoms with Crippen molar-refractivity contribution in [2.24, 2.45) is 0 Å². The number of hydrogen-bond donors (Lipinski definition) is 1. The van der Waals surface area contributed by atoms with E-state index in [2.05, 4.69) is 30.0 Å². The van der Waals surface area contributed by atoms with Crippen LogP contribution in [-0.4, -0.2) is 105 Å². The van der Waals surface area contributed by atoms with Crippen molar-refractivity contribution in [2.45, 2.75) is 26.0 Å². The van der Waals surface area contributed by atoms with E-state index >= 15 is 4.39 Å². The molecule has 1 saturated heterocycles. The third kappa shape index (κ3) is 7.11. The second kappa shape index (κ2) is 14.7. The van der Waals surface area contributed by atoms with E-state index in [1.165, 1.54) is 37.7 Å². The number of alkyl halides is 2. The first-order valence-corrected chi connectivity index (χ1v) is 16.5. The van der Waals surface area contributed by atoms with E-state index in [4.69, 9.17) is 4.74 Å². The molecule has 7 rings (SSSR count). The first kappa shape index (κ1) is 34.4. The number of aromatic amines is 1. The predicted octanol–water partition coefficient (Wildman–Crippen LogP) is 4.77. The minimum absolute atomic E-state index is 0.0328. The number of aryl methyl sites for hydroxylation is 1.